The lowest BCUT2D eigenvalue weighted by atomic mass is 10.1. The summed E-state index contributed by atoms with van der Waals surface area (Å²) in [6.07, 6.45) is 1.66. The van der Waals surface area contributed by atoms with Gasteiger partial charge in [-0.1, -0.05) is 0 Å². The molecule has 0 aliphatic rings. The molecule has 0 saturated carbocycles. The van der Waals surface area contributed by atoms with Crippen molar-refractivity contribution in [3.8, 4) is 0 Å². The van der Waals surface area contributed by atoms with E-state index in [-0.39, 0.29) is 11.3 Å². The van der Waals surface area contributed by atoms with Gasteiger partial charge in [-0.25, -0.2) is 9.78 Å². The number of oxazole rings is 1. The molecule has 0 aliphatic carbocycles. The van der Waals surface area contributed by atoms with Crippen molar-refractivity contribution in [1.82, 2.24) is 14.9 Å². The highest BCUT2D eigenvalue weighted by atomic mass is 16.4. The zero-order chi connectivity index (χ0) is 12.5. The Kier molecular flexibility index (Phi) is 3.02. The van der Waals surface area contributed by atoms with E-state index >= 15 is 0 Å². The van der Waals surface area contributed by atoms with Crippen LogP contribution >= 0.6 is 0 Å². The van der Waals surface area contributed by atoms with Crippen LogP contribution in [0.4, 0.5) is 0 Å². The van der Waals surface area contributed by atoms with Gasteiger partial charge in [0.1, 0.15) is 0 Å². The highest BCUT2D eigenvalue weighted by Crippen LogP contribution is 2.08. The minimum absolute atomic E-state index is 0.0383. The normalized spacial score (nSPS) is 12.2. The van der Waals surface area contributed by atoms with E-state index in [2.05, 4.69) is 31.1 Å². The fraction of sp³-hybridized carbons (Fsp3) is 0.500. The molecule has 0 amide bonds. The minimum atomic E-state index is -0.352. The Labute approximate surface area is 99.5 Å². The molecule has 0 spiro atoms. The predicted molar refractivity (Wildman–Crippen MR) is 66.0 cm³/mol. The van der Waals surface area contributed by atoms with Crippen molar-refractivity contribution < 1.29 is 4.42 Å². The maximum Gasteiger partial charge on any atom is 0.421 e. The summed E-state index contributed by atoms with van der Waals surface area (Å²) in [6.45, 7) is 7.51. The van der Waals surface area contributed by atoms with Crippen molar-refractivity contribution in [2.45, 2.75) is 32.9 Å². The summed E-state index contributed by atoms with van der Waals surface area (Å²) in [5, 5.41) is 3.32. The molecule has 17 heavy (non-hydrogen) atoms. The Bertz CT molecular complexity index is 563. The van der Waals surface area contributed by atoms with Gasteiger partial charge in [-0.3, -0.25) is 4.57 Å². The standard InChI is InChI=1S/C12H17N3O2/c1-12(2,3)14-7-8-15-10-9(17-11(15)16)5-4-6-13-10/h4-6,14H,7-8H2,1-3H3. The van der Waals surface area contributed by atoms with Crippen molar-refractivity contribution in [2.75, 3.05) is 6.54 Å². The summed E-state index contributed by atoms with van der Waals surface area (Å²) in [6, 6.07) is 3.50. The number of nitrogens with one attached hydrogen (secondary N) is 1. The van der Waals surface area contributed by atoms with Crippen LogP contribution in [0, 0.1) is 0 Å². The largest absolute Gasteiger partial charge is 0.421 e. The smallest absolute Gasteiger partial charge is 0.406 e. The first kappa shape index (κ1) is 11.9. The summed E-state index contributed by atoms with van der Waals surface area (Å²) >= 11 is 0. The zero-order valence-corrected chi connectivity index (χ0v) is 10.4. The average molecular weight is 235 g/mol. The molecule has 0 radical (unpaired) electrons. The maximum absolute atomic E-state index is 11.6. The fourth-order valence-electron chi connectivity index (χ4n) is 1.64. The molecule has 0 bridgehead atoms. The molecule has 0 atom stereocenters. The van der Waals surface area contributed by atoms with Gasteiger partial charge >= 0.3 is 5.76 Å². The monoisotopic (exact) mass is 235 g/mol. The van der Waals surface area contributed by atoms with Gasteiger partial charge in [-0.15, -0.1) is 0 Å². The first-order valence-corrected chi connectivity index (χ1v) is 5.67. The van der Waals surface area contributed by atoms with Gasteiger partial charge in [0.25, 0.3) is 0 Å². The zero-order valence-electron chi connectivity index (χ0n) is 10.4. The van der Waals surface area contributed by atoms with Gasteiger partial charge in [0.15, 0.2) is 11.2 Å². The summed E-state index contributed by atoms with van der Waals surface area (Å²) in [5.41, 5.74) is 1.18. The SMILES string of the molecule is CC(C)(C)NCCn1c(=O)oc2cccnc21. The van der Waals surface area contributed by atoms with Crippen LogP contribution in [0.15, 0.2) is 27.5 Å². The number of nitrogens with zero attached hydrogens (tertiary/aromatic N) is 2. The Morgan fingerprint density at radius 3 is 2.94 bits per heavy atom. The Morgan fingerprint density at radius 2 is 2.24 bits per heavy atom. The van der Waals surface area contributed by atoms with Crippen LogP contribution in [0.25, 0.3) is 11.2 Å². The second kappa shape index (κ2) is 4.33. The van der Waals surface area contributed by atoms with Crippen molar-refractivity contribution in [3.05, 3.63) is 28.9 Å². The van der Waals surface area contributed by atoms with E-state index in [1.54, 1.807) is 22.9 Å². The molecule has 5 heteroatoms. The third kappa shape index (κ3) is 2.74. The van der Waals surface area contributed by atoms with Gasteiger partial charge in [-0.2, -0.15) is 0 Å². The molecule has 1 N–H and O–H groups in total. The highest BCUT2D eigenvalue weighted by molar-refractivity contribution is 5.67. The van der Waals surface area contributed by atoms with E-state index in [1.165, 1.54) is 0 Å². The van der Waals surface area contributed by atoms with Gasteiger partial charge in [0.2, 0.25) is 0 Å². The Morgan fingerprint density at radius 1 is 1.47 bits per heavy atom. The van der Waals surface area contributed by atoms with Crippen molar-refractivity contribution in [1.29, 1.82) is 0 Å². The van der Waals surface area contributed by atoms with Gasteiger partial charge in [0, 0.05) is 24.8 Å². The lowest BCUT2D eigenvalue weighted by Crippen LogP contribution is -2.38. The molecule has 2 rings (SSSR count). The number of aromatic nitrogens is 2. The van der Waals surface area contributed by atoms with E-state index < -0.39 is 0 Å². The quantitative estimate of drug-likeness (QED) is 0.873. The van der Waals surface area contributed by atoms with E-state index in [0.717, 1.165) is 0 Å². The minimum Gasteiger partial charge on any atom is -0.406 e. The molecule has 0 aliphatic heterocycles. The number of rotatable bonds is 3. The first-order chi connectivity index (χ1) is 7.97. The lowest BCUT2D eigenvalue weighted by molar-refractivity contribution is 0.404. The Hall–Kier alpha value is -1.62. The van der Waals surface area contributed by atoms with Crippen molar-refractivity contribution >= 4 is 11.2 Å². The van der Waals surface area contributed by atoms with Crippen LogP contribution < -0.4 is 11.1 Å². The number of hydrogen-bond acceptors (Lipinski definition) is 4. The van der Waals surface area contributed by atoms with Crippen LogP contribution in [0.1, 0.15) is 20.8 Å². The number of fused-ring (bicyclic) bond motifs is 1. The lowest BCUT2D eigenvalue weighted by Gasteiger charge is -2.20. The first-order valence-electron chi connectivity index (χ1n) is 5.67. The van der Waals surface area contributed by atoms with Gasteiger partial charge in [-0.05, 0) is 32.9 Å². The van der Waals surface area contributed by atoms with E-state index in [0.29, 0.717) is 24.3 Å². The molecule has 0 unspecified atom stereocenters. The third-order valence-corrected chi connectivity index (χ3v) is 2.41. The van der Waals surface area contributed by atoms with Crippen LogP contribution in [0.5, 0.6) is 0 Å². The van der Waals surface area contributed by atoms with Crippen LogP contribution in [-0.4, -0.2) is 21.6 Å². The maximum atomic E-state index is 11.6. The molecular weight excluding hydrogens is 218 g/mol. The van der Waals surface area contributed by atoms with Gasteiger partial charge < -0.3 is 9.73 Å². The topological polar surface area (TPSA) is 60.1 Å². The summed E-state index contributed by atoms with van der Waals surface area (Å²) in [7, 11) is 0. The molecule has 0 saturated heterocycles. The van der Waals surface area contributed by atoms with E-state index in [4.69, 9.17) is 4.42 Å². The van der Waals surface area contributed by atoms with Crippen LogP contribution in [-0.2, 0) is 6.54 Å². The van der Waals surface area contributed by atoms with Crippen molar-refractivity contribution in [3.63, 3.8) is 0 Å². The molecule has 2 aromatic heterocycles. The predicted octanol–water partition coefficient (Wildman–Crippen LogP) is 1.38. The Balaban J connectivity index is 2.19. The van der Waals surface area contributed by atoms with Crippen molar-refractivity contribution in [2.24, 2.45) is 0 Å². The molecule has 92 valence electrons. The molecule has 0 aromatic carbocycles. The van der Waals surface area contributed by atoms with Crippen LogP contribution in [0.2, 0.25) is 0 Å². The summed E-state index contributed by atoms with van der Waals surface area (Å²) in [4.78, 5) is 15.8. The summed E-state index contributed by atoms with van der Waals surface area (Å²) in [5.74, 6) is -0.352. The second-order valence-electron chi connectivity index (χ2n) is 5.02. The van der Waals surface area contributed by atoms with E-state index in [9.17, 15) is 4.79 Å². The molecule has 2 heterocycles. The summed E-state index contributed by atoms with van der Waals surface area (Å²) < 4.78 is 6.65. The average Bonchev–Trinajstić information content (AvgIpc) is 2.54. The molecule has 0 fully saturated rings. The second-order valence-corrected chi connectivity index (χ2v) is 5.02. The molecular formula is C12H17N3O2. The molecule has 5 nitrogen and oxygen atoms in total. The number of hydrogen-bond donors (Lipinski definition) is 1. The third-order valence-electron chi connectivity index (χ3n) is 2.41. The van der Waals surface area contributed by atoms with E-state index in [1.807, 2.05) is 0 Å². The highest BCUT2D eigenvalue weighted by Gasteiger charge is 2.11. The molecule has 2 aromatic rings. The van der Waals surface area contributed by atoms with Gasteiger partial charge in [0.05, 0.1) is 0 Å². The number of pyridine rings is 1. The van der Waals surface area contributed by atoms with Crippen LogP contribution in [0.3, 0.4) is 0 Å². The fourth-order valence-corrected chi connectivity index (χ4v) is 1.64.